The molecule has 0 saturated heterocycles. The molecule has 0 bridgehead atoms. The van der Waals surface area contributed by atoms with E-state index in [2.05, 4.69) is 21.4 Å². The lowest BCUT2D eigenvalue weighted by Gasteiger charge is -2.06. The topological polar surface area (TPSA) is 77.5 Å². The van der Waals surface area contributed by atoms with Crippen LogP contribution >= 0.6 is 15.9 Å². The van der Waals surface area contributed by atoms with Crippen molar-refractivity contribution in [2.45, 2.75) is 6.61 Å². The van der Waals surface area contributed by atoms with Crippen LogP contribution in [0.3, 0.4) is 0 Å². The Morgan fingerprint density at radius 3 is 3.00 bits per heavy atom. The van der Waals surface area contributed by atoms with Gasteiger partial charge in [0.2, 0.25) is 0 Å². The minimum absolute atomic E-state index is 0.159. The first kappa shape index (κ1) is 12.7. The van der Waals surface area contributed by atoms with E-state index in [0.29, 0.717) is 17.1 Å². The van der Waals surface area contributed by atoms with E-state index in [4.69, 9.17) is 15.0 Å². The van der Waals surface area contributed by atoms with Gasteiger partial charge in [-0.15, -0.1) is 0 Å². The van der Waals surface area contributed by atoms with Gasteiger partial charge in [-0.1, -0.05) is 22.0 Å². The molecule has 3 N–H and O–H groups in total. The first-order chi connectivity index (χ1) is 8.70. The van der Waals surface area contributed by atoms with E-state index in [1.54, 1.807) is 6.07 Å². The van der Waals surface area contributed by atoms with Gasteiger partial charge in [0.15, 0.2) is 5.76 Å². The largest absolute Gasteiger partial charge is 0.486 e. The quantitative estimate of drug-likeness (QED) is 0.516. The van der Waals surface area contributed by atoms with Crippen molar-refractivity contribution in [2.24, 2.45) is 5.84 Å². The van der Waals surface area contributed by atoms with Crippen molar-refractivity contribution in [2.75, 3.05) is 0 Å². The van der Waals surface area contributed by atoms with Crippen LogP contribution in [0.25, 0.3) is 0 Å². The second-order valence-electron chi connectivity index (χ2n) is 3.48. The summed E-state index contributed by atoms with van der Waals surface area (Å²) in [5.41, 5.74) is 2.42. The third kappa shape index (κ3) is 2.91. The highest BCUT2D eigenvalue weighted by molar-refractivity contribution is 9.10. The summed E-state index contributed by atoms with van der Waals surface area (Å²) in [5.74, 6) is 5.77. The number of benzene rings is 1. The molecule has 6 heteroatoms. The number of hydrogen-bond donors (Lipinski definition) is 2. The summed E-state index contributed by atoms with van der Waals surface area (Å²) in [4.78, 5) is 11.4. The summed E-state index contributed by atoms with van der Waals surface area (Å²) >= 11 is 3.35. The number of hydrazine groups is 1. The van der Waals surface area contributed by atoms with E-state index >= 15 is 0 Å². The lowest BCUT2D eigenvalue weighted by Crippen LogP contribution is -2.30. The number of halogens is 1. The smallest absolute Gasteiger partial charge is 0.268 e. The number of nitrogens with one attached hydrogen (secondary N) is 1. The Morgan fingerprint density at radius 2 is 2.28 bits per heavy atom. The van der Waals surface area contributed by atoms with E-state index in [0.717, 1.165) is 4.47 Å². The Bertz CT molecular complexity index is 554. The molecule has 0 unspecified atom stereocenters. The molecule has 0 fully saturated rings. The predicted molar refractivity (Wildman–Crippen MR) is 68.8 cm³/mol. The van der Waals surface area contributed by atoms with E-state index in [1.165, 1.54) is 6.26 Å². The minimum atomic E-state index is -0.406. The molecule has 0 aliphatic heterocycles. The zero-order valence-corrected chi connectivity index (χ0v) is 10.9. The Labute approximate surface area is 112 Å². The third-order valence-corrected chi connectivity index (χ3v) is 2.78. The Hall–Kier alpha value is -1.79. The fourth-order valence-electron chi connectivity index (χ4n) is 1.44. The molecule has 1 aromatic carbocycles. The SMILES string of the molecule is NNC(=O)c1ccoc1COc1cccc(Br)c1. The van der Waals surface area contributed by atoms with Crippen molar-refractivity contribution < 1.29 is 13.9 Å². The zero-order chi connectivity index (χ0) is 13.0. The summed E-state index contributed by atoms with van der Waals surface area (Å²) in [6, 6.07) is 8.94. The normalized spacial score (nSPS) is 10.1. The van der Waals surface area contributed by atoms with Gasteiger partial charge in [-0.05, 0) is 24.3 Å². The van der Waals surface area contributed by atoms with Crippen molar-refractivity contribution in [3.63, 3.8) is 0 Å². The van der Waals surface area contributed by atoms with Crippen molar-refractivity contribution >= 4 is 21.8 Å². The number of furan rings is 1. The molecule has 1 amide bonds. The number of hydrogen-bond acceptors (Lipinski definition) is 4. The van der Waals surface area contributed by atoms with Crippen LogP contribution in [0.15, 0.2) is 45.5 Å². The minimum Gasteiger partial charge on any atom is -0.486 e. The monoisotopic (exact) mass is 310 g/mol. The van der Waals surface area contributed by atoms with Crippen molar-refractivity contribution in [3.8, 4) is 5.75 Å². The van der Waals surface area contributed by atoms with Gasteiger partial charge >= 0.3 is 0 Å². The summed E-state index contributed by atoms with van der Waals surface area (Å²) in [6.45, 7) is 0.159. The van der Waals surface area contributed by atoms with E-state index < -0.39 is 5.91 Å². The lowest BCUT2D eigenvalue weighted by molar-refractivity contribution is 0.0949. The van der Waals surface area contributed by atoms with Gasteiger partial charge in [-0.3, -0.25) is 10.2 Å². The van der Waals surface area contributed by atoms with Gasteiger partial charge < -0.3 is 9.15 Å². The van der Waals surface area contributed by atoms with Crippen LogP contribution in [0.4, 0.5) is 0 Å². The fraction of sp³-hybridized carbons (Fsp3) is 0.0833. The predicted octanol–water partition coefficient (Wildman–Crippen LogP) is 2.22. The molecule has 94 valence electrons. The van der Waals surface area contributed by atoms with Gasteiger partial charge in [0.1, 0.15) is 12.4 Å². The number of rotatable bonds is 4. The maximum atomic E-state index is 11.4. The second-order valence-corrected chi connectivity index (χ2v) is 4.39. The highest BCUT2D eigenvalue weighted by atomic mass is 79.9. The Balaban J connectivity index is 2.07. The first-order valence-corrected chi connectivity index (χ1v) is 5.95. The number of nitrogen functional groups attached to an aromatic ring is 1. The Morgan fingerprint density at radius 1 is 1.44 bits per heavy atom. The van der Waals surface area contributed by atoms with Gasteiger partial charge in [-0.2, -0.15) is 0 Å². The van der Waals surface area contributed by atoms with Gasteiger partial charge in [-0.25, -0.2) is 5.84 Å². The number of nitrogens with two attached hydrogens (primary N) is 1. The Kier molecular flexibility index (Phi) is 4.01. The van der Waals surface area contributed by atoms with Crippen LogP contribution in [0, 0.1) is 0 Å². The molecule has 0 radical (unpaired) electrons. The molecule has 0 spiro atoms. The second kappa shape index (κ2) is 5.70. The van der Waals surface area contributed by atoms with Crippen molar-refractivity contribution in [1.29, 1.82) is 0 Å². The third-order valence-electron chi connectivity index (χ3n) is 2.29. The number of carbonyl (C=O) groups excluding carboxylic acids is 1. The zero-order valence-electron chi connectivity index (χ0n) is 9.35. The maximum absolute atomic E-state index is 11.4. The number of ether oxygens (including phenoxy) is 1. The molecule has 0 aliphatic carbocycles. The average molecular weight is 311 g/mol. The van der Waals surface area contributed by atoms with Gasteiger partial charge in [0, 0.05) is 4.47 Å². The molecule has 18 heavy (non-hydrogen) atoms. The van der Waals surface area contributed by atoms with E-state index in [-0.39, 0.29) is 6.61 Å². The van der Waals surface area contributed by atoms with Crippen molar-refractivity contribution in [1.82, 2.24) is 5.43 Å². The standard InChI is InChI=1S/C12H11BrN2O3/c13-8-2-1-3-9(6-8)18-7-11-10(4-5-17-11)12(16)15-14/h1-6H,7,14H2,(H,15,16). The van der Waals surface area contributed by atoms with Crippen LogP contribution in [-0.2, 0) is 6.61 Å². The van der Waals surface area contributed by atoms with Crippen molar-refractivity contribution in [3.05, 3.63) is 52.4 Å². The molecule has 0 saturated carbocycles. The van der Waals surface area contributed by atoms with Crippen LogP contribution in [-0.4, -0.2) is 5.91 Å². The summed E-state index contributed by atoms with van der Waals surface area (Å²) in [7, 11) is 0. The first-order valence-electron chi connectivity index (χ1n) is 5.16. The molecular formula is C12H11BrN2O3. The number of amides is 1. The maximum Gasteiger partial charge on any atom is 0.268 e. The van der Waals surface area contributed by atoms with Crippen LogP contribution in [0.1, 0.15) is 16.1 Å². The average Bonchev–Trinajstić information content (AvgIpc) is 2.84. The van der Waals surface area contributed by atoms with Gasteiger partial charge in [0.25, 0.3) is 5.91 Å². The summed E-state index contributed by atoms with van der Waals surface area (Å²) < 4.78 is 11.6. The molecule has 2 rings (SSSR count). The van der Waals surface area contributed by atoms with Crippen LogP contribution in [0.5, 0.6) is 5.75 Å². The highest BCUT2D eigenvalue weighted by Crippen LogP contribution is 2.20. The van der Waals surface area contributed by atoms with Crippen LogP contribution in [0.2, 0.25) is 0 Å². The molecule has 0 atom stereocenters. The van der Waals surface area contributed by atoms with E-state index in [1.807, 2.05) is 24.3 Å². The lowest BCUT2D eigenvalue weighted by atomic mass is 10.2. The summed E-state index contributed by atoms with van der Waals surface area (Å²) in [5, 5.41) is 0. The summed E-state index contributed by atoms with van der Waals surface area (Å²) in [6.07, 6.45) is 1.42. The molecule has 1 heterocycles. The van der Waals surface area contributed by atoms with Gasteiger partial charge in [0.05, 0.1) is 11.8 Å². The molecular weight excluding hydrogens is 300 g/mol. The highest BCUT2D eigenvalue weighted by Gasteiger charge is 2.13. The molecule has 1 aromatic heterocycles. The molecule has 2 aromatic rings. The van der Waals surface area contributed by atoms with E-state index in [9.17, 15) is 4.79 Å². The molecule has 0 aliphatic rings. The molecule has 5 nitrogen and oxygen atoms in total. The number of carbonyl (C=O) groups is 1. The van der Waals surface area contributed by atoms with Crippen LogP contribution < -0.4 is 16.0 Å². The fourth-order valence-corrected chi connectivity index (χ4v) is 1.82.